The van der Waals surface area contributed by atoms with E-state index in [1.54, 1.807) is 24.3 Å². The second kappa shape index (κ2) is 14.7. The van der Waals surface area contributed by atoms with Crippen molar-refractivity contribution in [3.8, 4) is 16.9 Å². The summed E-state index contributed by atoms with van der Waals surface area (Å²) in [5, 5.41) is 0. The Labute approximate surface area is 237 Å². The van der Waals surface area contributed by atoms with Crippen molar-refractivity contribution in [3.63, 3.8) is 0 Å². The van der Waals surface area contributed by atoms with Gasteiger partial charge in [0.25, 0.3) is 0 Å². The van der Waals surface area contributed by atoms with Gasteiger partial charge in [0.1, 0.15) is 0 Å². The van der Waals surface area contributed by atoms with E-state index >= 15 is 0 Å². The van der Waals surface area contributed by atoms with Gasteiger partial charge in [-0.3, -0.25) is 0 Å². The Hall–Kier alpha value is -2.82. The van der Waals surface area contributed by atoms with E-state index in [9.17, 15) is 17.6 Å². The molecule has 1 aliphatic rings. The number of hydrogen-bond acceptors (Lipinski definition) is 1. The molecule has 4 rings (SSSR count). The lowest BCUT2D eigenvalue weighted by Gasteiger charge is -2.27. The number of ether oxygens (including phenoxy) is 1. The highest BCUT2D eigenvalue weighted by Crippen LogP contribution is 2.37. The van der Waals surface area contributed by atoms with Gasteiger partial charge >= 0.3 is 0 Å². The number of halogens is 4. The van der Waals surface area contributed by atoms with Gasteiger partial charge in [-0.15, -0.1) is 0 Å². The van der Waals surface area contributed by atoms with Gasteiger partial charge in [0.15, 0.2) is 23.2 Å². The normalized spacial score (nSPS) is 17.2. The molecule has 3 aromatic carbocycles. The first-order chi connectivity index (χ1) is 19.4. The van der Waals surface area contributed by atoms with Crippen molar-refractivity contribution in [1.82, 2.24) is 0 Å². The van der Waals surface area contributed by atoms with Gasteiger partial charge in [-0.2, -0.15) is 4.39 Å². The van der Waals surface area contributed by atoms with Crippen LogP contribution in [-0.2, 0) is 12.8 Å². The number of benzene rings is 3. The lowest BCUT2D eigenvalue weighted by Crippen LogP contribution is -2.13. The van der Waals surface area contributed by atoms with E-state index in [1.165, 1.54) is 31.4 Å². The zero-order valence-corrected chi connectivity index (χ0v) is 23.9. The summed E-state index contributed by atoms with van der Waals surface area (Å²) in [6.45, 7) is 4.74. The molecule has 3 aromatic rings. The Morgan fingerprint density at radius 2 is 1.38 bits per heavy atom. The van der Waals surface area contributed by atoms with Crippen molar-refractivity contribution in [3.05, 3.63) is 88.5 Å². The molecule has 0 N–H and O–H groups in total. The summed E-state index contributed by atoms with van der Waals surface area (Å²) in [7, 11) is 0. The number of aryl methyl sites for hydroxylation is 2. The molecule has 216 valence electrons. The number of rotatable bonds is 13. The first kappa shape index (κ1) is 30.1. The van der Waals surface area contributed by atoms with Crippen molar-refractivity contribution in [2.24, 2.45) is 5.92 Å². The Balaban J connectivity index is 1.33. The fraction of sp³-hybridized carbons (Fsp3) is 0.486. The van der Waals surface area contributed by atoms with Crippen molar-refractivity contribution < 1.29 is 22.3 Å². The fourth-order valence-electron chi connectivity index (χ4n) is 5.74. The van der Waals surface area contributed by atoms with E-state index in [2.05, 4.69) is 13.8 Å². The van der Waals surface area contributed by atoms with Crippen LogP contribution in [-0.4, -0.2) is 6.61 Å². The van der Waals surface area contributed by atoms with Gasteiger partial charge in [0, 0.05) is 5.56 Å². The lowest BCUT2D eigenvalue weighted by molar-refractivity contribution is 0.285. The molecular formula is C35H42F4O. The highest BCUT2D eigenvalue weighted by molar-refractivity contribution is 5.65. The molecule has 0 radical (unpaired) electrons. The summed E-state index contributed by atoms with van der Waals surface area (Å²) in [5.41, 5.74) is 2.49. The quantitative estimate of drug-likeness (QED) is 0.151. The minimum absolute atomic E-state index is 0.0650. The van der Waals surface area contributed by atoms with Crippen LogP contribution in [0.15, 0.2) is 48.5 Å². The lowest BCUT2D eigenvalue weighted by atomic mass is 9.79. The molecule has 0 aliphatic heterocycles. The minimum Gasteiger partial charge on any atom is -0.490 e. The second-order valence-corrected chi connectivity index (χ2v) is 11.5. The summed E-state index contributed by atoms with van der Waals surface area (Å²) in [5.74, 6) is -2.68. The molecule has 0 saturated heterocycles. The van der Waals surface area contributed by atoms with Crippen molar-refractivity contribution in [1.29, 1.82) is 0 Å². The Morgan fingerprint density at radius 3 is 2.10 bits per heavy atom. The molecule has 1 saturated carbocycles. The van der Waals surface area contributed by atoms with Crippen molar-refractivity contribution in [2.75, 3.05) is 6.61 Å². The van der Waals surface area contributed by atoms with E-state index in [0.29, 0.717) is 42.1 Å². The topological polar surface area (TPSA) is 9.23 Å². The molecule has 0 spiro atoms. The zero-order valence-electron chi connectivity index (χ0n) is 23.9. The Morgan fingerprint density at radius 1 is 0.675 bits per heavy atom. The van der Waals surface area contributed by atoms with Gasteiger partial charge in [0.05, 0.1) is 6.61 Å². The molecule has 5 heteroatoms. The largest absolute Gasteiger partial charge is 0.490 e. The second-order valence-electron chi connectivity index (χ2n) is 11.5. The summed E-state index contributed by atoms with van der Waals surface area (Å²) < 4.78 is 64.8. The molecule has 40 heavy (non-hydrogen) atoms. The van der Waals surface area contributed by atoms with Gasteiger partial charge in [-0.25, -0.2) is 13.2 Å². The van der Waals surface area contributed by atoms with Crippen LogP contribution in [0.1, 0.15) is 101 Å². The SMILES string of the molecule is CCCCCCCCOc1ccc(-c2ccc(CCc3ccc(C4CCC(C)CC4)c(F)c3F)cc2)c(F)c1F. The monoisotopic (exact) mass is 554 g/mol. The average molecular weight is 555 g/mol. The predicted octanol–water partition coefficient (Wildman–Crippen LogP) is 10.7. The molecule has 0 unspecified atom stereocenters. The molecule has 0 amide bonds. The molecule has 1 fully saturated rings. The summed E-state index contributed by atoms with van der Waals surface area (Å²) in [6, 6.07) is 13.6. The highest BCUT2D eigenvalue weighted by Gasteiger charge is 2.24. The van der Waals surface area contributed by atoms with Crippen LogP contribution >= 0.6 is 0 Å². The molecule has 0 aromatic heterocycles. The summed E-state index contributed by atoms with van der Waals surface area (Å²) >= 11 is 0. The average Bonchev–Trinajstić information content (AvgIpc) is 2.96. The van der Waals surface area contributed by atoms with Crippen LogP contribution in [0.4, 0.5) is 17.6 Å². The van der Waals surface area contributed by atoms with Crippen LogP contribution in [0, 0.1) is 29.2 Å². The van der Waals surface area contributed by atoms with E-state index < -0.39 is 23.3 Å². The summed E-state index contributed by atoms with van der Waals surface area (Å²) in [4.78, 5) is 0. The van der Waals surface area contributed by atoms with E-state index in [-0.39, 0.29) is 17.2 Å². The number of unbranched alkanes of at least 4 members (excludes halogenated alkanes) is 5. The van der Waals surface area contributed by atoms with Gasteiger partial charge in [-0.05, 0) is 78.3 Å². The fourth-order valence-corrected chi connectivity index (χ4v) is 5.74. The smallest absolute Gasteiger partial charge is 0.201 e. The maximum Gasteiger partial charge on any atom is 0.201 e. The van der Waals surface area contributed by atoms with Crippen LogP contribution in [0.5, 0.6) is 5.75 Å². The van der Waals surface area contributed by atoms with E-state index in [0.717, 1.165) is 50.5 Å². The molecule has 0 bridgehead atoms. The first-order valence-corrected chi connectivity index (χ1v) is 15.1. The third kappa shape index (κ3) is 7.67. The van der Waals surface area contributed by atoms with E-state index in [1.807, 2.05) is 12.1 Å². The molecular weight excluding hydrogens is 512 g/mol. The van der Waals surface area contributed by atoms with Crippen molar-refractivity contribution >= 4 is 0 Å². The zero-order chi connectivity index (χ0) is 28.5. The highest BCUT2D eigenvalue weighted by atomic mass is 19.2. The third-order valence-corrected chi connectivity index (χ3v) is 8.40. The summed E-state index contributed by atoms with van der Waals surface area (Å²) in [6.07, 6.45) is 11.3. The third-order valence-electron chi connectivity index (χ3n) is 8.40. The molecule has 0 heterocycles. The van der Waals surface area contributed by atoms with Crippen LogP contribution in [0.2, 0.25) is 0 Å². The predicted molar refractivity (Wildman–Crippen MR) is 155 cm³/mol. The van der Waals surface area contributed by atoms with Crippen LogP contribution < -0.4 is 4.74 Å². The first-order valence-electron chi connectivity index (χ1n) is 15.1. The minimum atomic E-state index is -0.976. The van der Waals surface area contributed by atoms with Crippen LogP contribution in [0.3, 0.4) is 0 Å². The Kier molecular flexibility index (Phi) is 11.1. The maximum absolute atomic E-state index is 14.9. The van der Waals surface area contributed by atoms with Crippen molar-refractivity contribution in [2.45, 2.75) is 96.8 Å². The van der Waals surface area contributed by atoms with Gasteiger partial charge in [0.2, 0.25) is 5.82 Å². The van der Waals surface area contributed by atoms with Gasteiger partial charge < -0.3 is 4.74 Å². The maximum atomic E-state index is 14.9. The van der Waals surface area contributed by atoms with Gasteiger partial charge in [-0.1, -0.05) is 95.2 Å². The molecule has 0 atom stereocenters. The van der Waals surface area contributed by atoms with Crippen LogP contribution in [0.25, 0.3) is 11.1 Å². The van der Waals surface area contributed by atoms with E-state index in [4.69, 9.17) is 4.74 Å². The number of hydrogen-bond donors (Lipinski definition) is 0. The molecule has 1 nitrogen and oxygen atoms in total. The molecule has 1 aliphatic carbocycles. The standard InChI is InChI=1S/C35H42F4O/c1-3-4-5-6-7-8-23-40-31-22-21-30(34(38)35(31)39)27-16-11-25(12-17-27)13-18-28-19-20-29(33(37)32(28)36)26-14-9-24(2)10-15-26/h11-12,16-17,19-22,24,26H,3-10,13-15,18,23H2,1-2H3. The Bertz CT molecular complexity index is 1230.